The second-order valence-electron chi connectivity index (χ2n) is 6.34. The van der Waals surface area contributed by atoms with E-state index in [1.54, 1.807) is 21.5 Å². The average molecular weight is 358 g/mol. The Hall–Kier alpha value is -2.38. The number of aryl methyl sites for hydroxylation is 2. The first-order chi connectivity index (χ1) is 12.0. The van der Waals surface area contributed by atoms with E-state index < -0.39 is 0 Å². The Morgan fingerprint density at radius 3 is 2.44 bits per heavy atom. The number of rotatable bonds is 5. The Kier molecular flexibility index (Phi) is 5.06. The van der Waals surface area contributed by atoms with E-state index in [0.29, 0.717) is 18.0 Å². The Morgan fingerprint density at radius 1 is 1.08 bits per heavy atom. The first-order valence-corrected chi connectivity index (χ1v) is 8.51. The molecule has 0 aliphatic heterocycles. The Balaban J connectivity index is 1.81. The molecule has 0 spiro atoms. The van der Waals surface area contributed by atoms with E-state index in [1.165, 1.54) is 6.07 Å². The molecule has 3 rings (SSSR count). The molecule has 1 aromatic heterocycles. The first-order valence-electron chi connectivity index (χ1n) is 8.11. The molecular weight excluding hydrogens is 337 g/mol. The zero-order chi connectivity index (χ0) is 18.0. The largest absolute Gasteiger partial charge is 0.315 e. The number of hydrogen-bond donors (Lipinski definition) is 1. The van der Waals surface area contributed by atoms with Gasteiger partial charge in [0.2, 0.25) is 4.77 Å². The van der Waals surface area contributed by atoms with Crippen molar-refractivity contribution in [2.24, 2.45) is 0 Å². The van der Waals surface area contributed by atoms with E-state index in [-0.39, 0.29) is 5.82 Å². The summed E-state index contributed by atoms with van der Waals surface area (Å²) in [7, 11) is 2.02. The third-order valence-corrected chi connectivity index (χ3v) is 4.49. The molecule has 25 heavy (non-hydrogen) atoms. The molecule has 0 fully saturated rings. The number of halogens is 1. The van der Waals surface area contributed by atoms with Crippen molar-refractivity contribution in [2.75, 3.05) is 7.05 Å². The molecule has 0 bridgehead atoms. The van der Waals surface area contributed by atoms with Gasteiger partial charge in [-0.25, -0.2) is 4.39 Å². The van der Waals surface area contributed by atoms with Crippen molar-refractivity contribution in [3.63, 3.8) is 0 Å². The number of para-hydroxylation sites is 1. The van der Waals surface area contributed by atoms with Gasteiger partial charge in [0.15, 0.2) is 6.67 Å². The van der Waals surface area contributed by atoms with E-state index in [4.69, 9.17) is 12.2 Å². The Labute approximate surface area is 151 Å². The molecule has 0 amide bonds. The molecule has 130 valence electrons. The second-order valence-corrected chi connectivity index (χ2v) is 6.70. The van der Waals surface area contributed by atoms with Crippen LogP contribution in [0.25, 0.3) is 5.69 Å². The summed E-state index contributed by atoms with van der Waals surface area (Å²) in [6.45, 7) is 5.30. The normalized spacial score (nSPS) is 12.3. The van der Waals surface area contributed by atoms with Crippen molar-refractivity contribution >= 4 is 12.2 Å². The molecule has 0 saturated heterocycles. The van der Waals surface area contributed by atoms with Gasteiger partial charge < -0.3 is 4.90 Å². The highest BCUT2D eigenvalue weighted by molar-refractivity contribution is 7.71. The van der Waals surface area contributed by atoms with Gasteiger partial charge in [-0.3, -0.25) is 0 Å². The van der Waals surface area contributed by atoms with Gasteiger partial charge in [-0.1, -0.05) is 30.3 Å². The van der Waals surface area contributed by atoms with E-state index in [1.807, 2.05) is 45.2 Å². The van der Waals surface area contributed by atoms with Crippen molar-refractivity contribution in [3.8, 4) is 5.69 Å². The monoisotopic (exact) mass is 358 g/mol. The highest BCUT2D eigenvalue weighted by Gasteiger charge is 2.13. The van der Waals surface area contributed by atoms with Crippen LogP contribution in [-0.4, -0.2) is 26.8 Å². The van der Waals surface area contributed by atoms with Gasteiger partial charge in [-0.2, -0.15) is 9.36 Å². The van der Waals surface area contributed by atoms with Crippen LogP contribution >= 0.6 is 12.2 Å². The van der Waals surface area contributed by atoms with Gasteiger partial charge >= 0.3 is 0 Å². The van der Waals surface area contributed by atoms with Crippen LogP contribution in [0, 0.1) is 24.4 Å². The molecule has 7 heteroatoms. The second kappa shape index (κ2) is 7.25. The minimum Gasteiger partial charge on any atom is -0.315 e. The maximum atomic E-state index is 13.3. The van der Waals surface area contributed by atoms with E-state index in [0.717, 1.165) is 27.3 Å². The molecule has 0 aliphatic carbocycles. The fourth-order valence-electron chi connectivity index (χ4n) is 2.96. The highest BCUT2D eigenvalue weighted by atomic mass is 32.1. The van der Waals surface area contributed by atoms with Crippen LogP contribution in [0.4, 0.5) is 4.39 Å². The molecule has 1 N–H and O–H groups in total. The maximum Gasteiger partial charge on any atom is 0.225 e. The predicted molar refractivity (Wildman–Crippen MR) is 96.6 cm³/mol. The molecule has 0 saturated carbocycles. The van der Waals surface area contributed by atoms with Gasteiger partial charge in [0, 0.05) is 5.56 Å². The standard InChI is InChI=1S/C18H20FN5S/c1-13-6-4-7-14(2)17(13)24-18(25)23(20-21-24)12-22(3)11-15-8-5-9-16(19)10-15/h4-10H,11-12H2,1-3H3/p+1. The lowest BCUT2D eigenvalue weighted by Gasteiger charge is -2.13. The Bertz CT molecular complexity index is 926. The summed E-state index contributed by atoms with van der Waals surface area (Å²) >= 11 is 5.56. The van der Waals surface area contributed by atoms with Crippen molar-refractivity contribution < 1.29 is 9.29 Å². The van der Waals surface area contributed by atoms with Crippen molar-refractivity contribution in [1.82, 2.24) is 19.8 Å². The third-order valence-electron chi connectivity index (χ3n) is 4.11. The van der Waals surface area contributed by atoms with E-state index >= 15 is 0 Å². The zero-order valence-electron chi connectivity index (χ0n) is 14.5. The number of quaternary nitrogens is 1. The topological polar surface area (TPSA) is 40.1 Å². The smallest absolute Gasteiger partial charge is 0.225 e. The van der Waals surface area contributed by atoms with Crippen molar-refractivity contribution in [3.05, 3.63) is 69.7 Å². The van der Waals surface area contributed by atoms with Gasteiger partial charge in [0.1, 0.15) is 12.4 Å². The quantitative estimate of drug-likeness (QED) is 0.711. The number of aromatic nitrogens is 4. The van der Waals surface area contributed by atoms with Crippen LogP contribution in [0.5, 0.6) is 0 Å². The highest BCUT2D eigenvalue weighted by Crippen LogP contribution is 2.17. The summed E-state index contributed by atoms with van der Waals surface area (Å²) in [5, 5.41) is 8.44. The summed E-state index contributed by atoms with van der Waals surface area (Å²) in [6, 6.07) is 12.7. The predicted octanol–water partition coefficient (Wildman–Crippen LogP) is 2.23. The molecule has 5 nitrogen and oxygen atoms in total. The van der Waals surface area contributed by atoms with Crippen molar-refractivity contribution in [2.45, 2.75) is 27.1 Å². The minimum absolute atomic E-state index is 0.220. The van der Waals surface area contributed by atoms with E-state index in [9.17, 15) is 4.39 Å². The fraction of sp³-hybridized carbons (Fsp3) is 0.278. The molecule has 1 heterocycles. The Morgan fingerprint density at radius 2 is 1.76 bits per heavy atom. The van der Waals surface area contributed by atoms with Crippen LogP contribution < -0.4 is 4.90 Å². The van der Waals surface area contributed by atoms with Crippen molar-refractivity contribution in [1.29, 1.82) is 0 Å². The number of tetrazole rings is 1. The molecule has 1 unspecified atom stereocenters. The lowest BCUT2D eigenvalue weighted by Crippen LogP contribution is -3.07. The molecule has 0 radical (unpaired) electrons. The van der Waals surface area contributed by atoms with Crippen LogP contribution in [0.15, 0.2) is 42.5 Å². The summed E-state index contributed by atoms with van der Waals surface area (Å²) in [6.07, 6.45) is 0. The average Bonchev–Trinajstić information content (AvgIpc) is 2.88. The van der Waals surface area contributed by atoms with Gasteiger partial charge in [0.25, 0.3) is 0 Å². The van der Waals surface area contributed by atoms with Gasteiger partial charge in [0.05, 0.1) is 12.7 Å². The lowest BCUT2D eigenvalue weighted by atomic mass is 10.1. The summed E-state index contributed by atoms with van der Waals surface area (Å²) < 4.78 is 17.3. The number of hydrogen-bond acceptors (Lipinski definition) is 3. The SMILES string of the molecule is Cc1cccc(C)c1-n1nnn(C[NH+](C)Cc2cccc(F)c2)c1=S. The van der Waals surface area contributed by atoms with Gasteiger partial charge in [-0.15, -0.1) is 0 Å². The minimum atomic E-state index is -0.220. The fourth-order valence-corrected chi connectivity index (χ4v) is 3.19. The third kappa shape index (κ3) is 3.83. The van der Waals surface area contributed by atoms with Crippen LogP contribution in [-0.2, 0) is 13.2 Å². The molecule has 1 atom stereocenters. The van der Waals surface area contributed by atoms with Crippen LogP contribution in [0.3, 0.4) is 0 Å². The molecular formula is C18H21FN5S+. The molecule has 2 aromatic carbocycles. The number of benzene rings is 2. The van der Waals surface area contributed by atoms with E-state index in [2.05, 4.69) is 10.4 Å². The summed E-state index contributed by atoms with van der Waals surface area (Å²) in [5.41, 5.74) is 4.11. The summed E-state index contributed by atoms with van der Waals surface area (Å²) in [4.78, 5) is 1.13. The number of nitrogens with zero attached hydrogens (tertiary/aromatic N) is 4. The first kappa shape index (κ1) is 17.4. The van der Waals surface area contributed by atoms with Crippen LogP contribution in [0.2, 0.25) is 0 Å². The molecule has 3 aromatic rings. The summed E-state index contributed by atoms with van der Waals surface area (Å²) in [5.74, 6) is -0.220. The molecule has 0 aliphatic rings. The van der Waals surface area contributed by atoms with Gasteiger partial charge in [-0.05, 0) is 59.8 Å². The lowest BCUT2D eigenvalue weighted by molar-refractivity contribution is -0.917. The zero-order valence-corrected chi connectivity index (χ0v) is 15.3. The maximum absolute atomic E-state index is 13.3. The number of nitrogens with one attached hydrogen (secondary N) is 1. The van der Waals surface area contributed by atoms with Crippen LogP contribution in [0.1, 0.15) is 16.7 Å².